The highest BCUT2D eigenvalue weighted by Gasteiger charge is 2.06. The zero-order chi connectivity index (χ0) is 14.4. The van der Waals surface area contributed by atoms with Gasteiger partial charge in [-0.2, -0.15) is 0 Å². The summed E-state index contributed by atoms with van der Waals surface area (Å²) >= 11 is 0. The van der Waals surface area contributed by atoms with E-state index in [0.29, 0.717) is 30.0 Å². The molecule has 5 heteroatoms. The Hall–Kier alpha value is -2.43. The molecule has 4 nitrogen and oxygen atoms in total. The summed E-state index contributed by atoms with van der Waals surface area (Å²) in [5.41, 5.74) is 1.03. The van der Waals surface area contributed by atoms with Crippen molar-refractivity contribution < 1.29 is 13.9 Å². The van der Waals surface area contributed by atoms with Gasteiger partial charge in [0.1, 0.15) is 5.82 Å². The van der Waals surface area contributed by atoms with Gasteiger partial charge < -0.3 is 10.1 Å². The minimum atomic E-state index is -0.257. The second-order valence-electron chi connectivity index (χ2n) is 4.19. The van der Waals surface area contributed by atoms with Gasteiger partial charge in [0.25, 0.3) is 5.91 Å². The highest BCUT2D eigenvalue weighted by molar-refractivity contribution is 5.93. The van der Waals surface area contributed by atoms with E-state index in [2.05, 4.69) is 10.3 Å². The molecule has 1 aromatic heterocycles. The van der Waals surface area contributed by atoms with E-state index in [1.54, 1.807) is 30.3 Å². The standard InChI is InChI=1S/C15H15FN2O2/c1-20-14-7-6-12(10-18-14)15(19)17-9-8-11-4-2-3-5-13(11)16/h2-7,10H,8-9H2,1H3,(H,17,19). The van der Waals surface area contributed by atoms with Crippen molar-refractivity contribution in [2.45, 2.75) is 6.42 Å². The topological polar surface area (TPSA) is 51.2 Å². The van der Waals surface area contributed by atoms with Crippen molar-refractivity contribution in [2.75, 3.05) is 13.7 Å². The number of hydrogen-bond acceptors (Lipinski definition) is 3. The summed E-state index contributed by atoms with van der Waals surface area (Å²) in [7, 11) is 1.51. The molecule has 1 heterocycles. The fourth-order valence-corrected chi connectivity index (χ4v) is 1.75. The van der Waals surface area contributed by atoms with Crippen molar-refractivity contribution in [2.24, 2.45) is 0 Å². The average Bonchev–Trinajstić information content (AvgIpc) is 2.49. The zero-order valence-corrected chi connectivity index (χ0v) is 11.1. The number of carbonyl (C=O) groups is 1. The van der Waals surface area contributed by atoms with Crippen LogP contribution in [0.4, 0.5) is 4.39 Å². The van der Waals surface area contributed by atoms with Crippen LogP contribution in [0.1, 0.15) is 15.9 Å². The normalized spacial score (nSPS) is 10.1. The Morgan fingerprint density at radius 1 is 1.30 bits per heavy atom. The Morgan fingerprint density at radius 3 is 2.75 bits per heavy atom. The largest absolute Gasteiger partial charge is 0.481 e. The first-order valence-electron chi connectivity index (χ1n) is 6.22. The monoisotopic (exact) mass is 274 g/mol. The van der Waals surface area contributed by atoms with E-state index in [0.717, 1.165) is 0 Å². The lowest BCUT2D eigenvalue weighted by Gasteiger charge is -2.06. The Balaban J connectivity index is 1.87. The maximum atomic E-state index is 13.4. The molecule has 20 heavy (non-hydrogen) atoms. The lowest BCUT2D eigenvalue weighted by molar-refractivity contribution is 0.0953. The zero-order valence-electron chi connectivity index (χ0n) is 11.1. The molecule has 2 rings (SSSR count). The highest BCUT2D eigenvalue weighted by Crippen LogP contribution is 2.08. The molecule has 0 fully saturated rings. The Bertz CT molecular complexity index is 585. The number of rotatable bonds is 5. The van der Waals surface area contributed by atoms with Gasteiger partial charge in [0.05, 0.1) is 12.7 Å². The molecule has 0 saturated heterocycles. The van der Waals surface area contributed by atoms with Crippen molar-refractivity contribution in [1.29, 1.82) is 0 Å². The van der Waals surface area contributed by atoms with Crippen LogP contribution < -0.4 is 10.1 Å². The summed E-state index contributed by atoms with van der Waals surface area (Å²) in [4.78, 5) is 15.8. The Morgan fingerprint density at radius 2 is 2.10 bits per heavy atom. The van der Waals surface area contributed by atoms with E-state index in [1.165, 1.54) is 19.4 Å². The number of halogens is 1. The van der Waals surface area contributed by atoms with Crippen molar-refractivity contribution in [1.82, 2.24) is 10.3 Å². The maximum Gasteiger partial charge on any atom is 0.252 e. The summed E-state index contributed by atoms with van der Waals surface area (Å²) < 4.78 is 18.3. The average molecular weight is 274 g/mol. The first kappa shape index (κ1) is 14.0. The van der Waals surface area contributed by atoms with Crippen molar-refractivity contribution in [3.8, 4) is 5.88 Å². The molecule has 0 atom stereocenters. The highest BCUT2D eigenvalue weighted by atomic mass is 19.1. The Kier molecular flexibility index (Phi) is 4.65. The molecule has 0 unspecified atom stereocenters. The maximum absolute atomic E-state index is 13.4. The number of nitrogens with zero attached hydrogens (tertiary/aromatic N) is 1. The second kappa shape index (κ2) is 6.65. The van der Waals surface area contributed by atoms with Crippen molar-refractivity contribution in [3.05, 3.63) is 59.5 Å². The van der Waals surface area contributed by atoms with E-state index in [9.17, 15) is 9.18 Å². The summed E-state index contributed by atoms with van der Waals surface area (Å²) in [5.74, 6) is -0.0442. The number of methoxy groups -OCH3 is 1. The van der Waals surface area contributed by atoms with Crippen LogP contribution in [0.15, 0.2) is 42.6 Å². The number of aromatic nitrogens is 1. The summed E-state index contributed by atoms with van der Waals surface area (Å²) in [5, 5.41) is 2.73. The lowest BCUT2D eigenvalue weighted by Crippen LogP contribution is -2.26. The molecule has 0 radical (unpaired) electrons. The number of ether oxygens (including phenoxy) is 1. The number of nitrogens with one attached hydrogen (secondary N) is 1. The molecule has 0 aliphatic rings. The minimum Gasteiger partial charge on any atom is -0.481 e. The van der Waals surface area contributed by atoms with Crippen LogP contribution >= 0.6 is 0 Å². The van der Waals surface area contributed by atoms with E-state index < -0.39 is 0 Å². The van der Waals surface area contributed by atoms with Crippen LogP contribution in [0, 0.1) is 5.82 Å². The smallest absolute Gasteiger partial charge is 0.252 e. The SMILES string of the molecule is COc1ccc(C(=O)NCCc2ccccc2F)cn1. The van der Waals surface area contributed by atoms with Crippen molar-refractivity contribution in [3.63, 3.8) is 0 Å². The van der Waals surface area contributed by atoms with Gasteiger partial charge in [-0.1, -0.05) is 18.2 Å². The van der Waals surface area contributed by atoms with Crippen LogP contribution in [0.25, 0.3) is 0 Å². The molecule has 0 aliphatic carbocycles. The fraction of sp³-hybridized carbons (Fsp3) is 0.200. The van der Waals surface area contributed by atoms with Gasteiger partial charge in [0.2, 0.25) is 5.88 Å². The molecular weight excluding hydrogens is 259 g/mol. The third kappa shape index (κ3) is 3.54. The number of benzene rings is 1. The molecule has 104 valence electrons. The van der Waals surface area contributed by atoms with E-state index in [4.69, 9.17) is 4.74 Å². The van der Waals surface area contributed by atoms with E-state index >= 15 is 0 Å². The van der Waals surface area contributed by atoms with Crippen LogP contribution in [0.5, 0.6) is 5.88 Å². The second-order valence-corrected chi connectivity index (χ2v) is 4.19. The molecule has 1 aromatic carbocycles. The van der Waals surface area contributed by atoms with Crippen LogP contribution in [-0.2, 0) is 6.42 Å². The van der Waals surface area contributed by atoms with Crippen molar-refractivity contribution >= 4 is 5.91 Å². The first-order valence-corrected chi connectivity index (χ1v) is 6.22. The Labute approximate surface area is 116 Å². The third-order valence-electron chi connectivity index (χ3n) is 2.85. The van der Waals surface area contributed by atoms with Gasteiger partial charge in [-0.25, -0.2) is 9.37 Å². The van der Waals surface area contributed by atoms with Crippen LogP contribution in [-0.4, -0.2) is 24.5 Å². The van der Waals surface area contributed by atoms with Gasteiger partial charge >= 0.3 is 0 Å². The number of hydrogen-bond donors (Lipinski definition) is 1. The third-order valence-corrected chi connectivity index (χ3v) is 2.85. The molecule has 0 bridgehead atoms. The van der Waals surface area contributed by atoms with Gasteiger partial charge in [0, 0.05) is 18.8 Å². The molecule has 0 saturated carbocycles. The minimum absolute atomic E-state index is 0.239. The molecule has 0 spiro atoms. The van der Waals surface area contributed by atoms with Gasteiger partial charge in [-0.3, -0.25) is 4.79 Å². The van der Waals surface area contributed by atoms with Gasteiger partial charge in [-0.05, 0) is 24.1 Å². The van der Waals surface area contributed by atoms with Gasteiger partial charge in [0.15, 0.2) is 0 Å². The number of pyridine rings is 1. The molecule has 0 aliphatic heterocycles. The van der Waals surface area contributed by atoms with E-state index in [-0.39, 0.29) is 11.7 Å². The van der Waals surface area contributed by atoms with Crippen LogP contribution in [0.3, 0.4) is 0 Å². The quantitative estimate of drug-likeness (QED) is 0.909. The molecular formula is C15H15FN2O2. The van der Waals surface area contributed by atoms with Crippen LogP contribution in [0.2, 0.25) is 0 Å². The predicted octanol–water partition coefficient (Wildman–Crippen LogP) is 2.20. The number of carbonyl (C=O) groups excluding carboxylic acids is 1. The molecule has 2 aromatic rings. The predicted molar refractivity (Wildman–Crippen MR) is 73.2 cm³/mol. The van der Waals surface area contributed by atoms with E-state index in [1.807, 2.05) is 0 Å². The summed E-state index contributed by atoms with van der Waals surface area (Å²) in [6.07, 6.45) is 1.89. The first-order chi connectivity index (χ1) is 9.70. The molecule has 1 N–H and O–H groups in total. The summed E-state index contributed by atoms with van der Waals surface area (Å²) in [6, 6.07) is 9.77. The lowest BCUT2D eigenvalue weighted by atomic mass is 10.1. The number of amides is 1. The van der Waals surface area contributed by atoms with Gasteiger partial charge in [-0.15, -0.1) is 0 Å². The summed E-state index contributed by atoms with van der Waals surface area (Å²) in [6.45, 7) is 0.367. The molecule has 1 amide bonds. The fourth-order valence-electron chi connectivity index (χ4n) is 1.75.